The van der Waals surface area contributed by atoms with Gasteiger partial charge in [0.05, 0.1) is 0 Å². The average Bonchev–Trinajstić information content (AvgIpc) is 2.45. The molecule has 0 aromatic heterocycles. The van der Waals surface area contributed by atoms with Gasteiger partial charge in [-0.3, -0.25) is 9.79 Å². The van der Waals surface area contributed by atoms with Crippen molar-refractivity contribution in [3.63, 3.8) is 0 Å². The summed E-state index contributed by atoms with van der Waals surface area (Å²) in [7, 11) is -0.948. The Morgan fingerprint density at radius 3 is 3.00 bits per heavy atom. The van der Waals surface area contributed by atoms with Crippen LogP contribution in [0.1, 0.15) is 5.56 Å². The first-order valence-corrected chi connectivity index (χ1v) is 6.20. The molecule has 1 aromatic carbocycles. The number of benzene rings is 1. The molecule has 0 fully saturated rings. The summed E-state index contributed by atoms with van der Waals surface area (Å²) in [5.74, 6) is -0.383. The molecule has 102 valence electrons. The van der Waals surface area contributed by atoms with Gasteiger partial charge in [-0.25, -0.2) is 0 Å². The van der Waals surface area contributed by atoms with Crippen LogP contribution < -0.4 is 10.8 Å². The second-order valence-corrected chi connectivity index (χ2v) is 4.24. The molecule has 1 aliphatic rings. The van der Waals surface area contributed by atoms with Gasteiger partial charge in [-0.15, -0.1) is 0 Å². The van der Waals surface area contributed by atoms with Crippen LogP contribution in [-0.4, -0.2) is 30.4 Å². The third-order valence-corrected chi connectivity index (χ3v) is 2.97. The number of carbonyl (C=O) groups excluding carboxylic acids is 1. The number of nitrogens with one attached hydrogen (secondary N) is 1. The first-order chi connectivity index (χ1) is 9.65. The Morgan fingerprint density at radius 1 is 1.50 bits per heavy atom. The lowest BCUT2D eigenvalue weighted by Gasteiger charge is -2.19. The maximum atomic E-state index is 11.9. The van der Waals surface area contributed by atoms with Crippen LogP contribution in [0.3, 0.4) is 0 Å². The molecule has 2 N–H and O–H groups in total. The number of aliphatic imine (C=N–C) groups is 1. The molecule has 0 unspecified atom stereocenters. The first-order valence-electron chi connectivity index (χ1n) is 6.20. The van der Waals surface area contributed by atoms with Gasteiger partial charge in [0.15, 0.2) is 0 Å². The fourth-order valence-corrected chi connectivity index (χ4v) is 2.00. The van der Waals surface area contributed by atoms with E-state index < -0.39 is 7.12 Å². The molecule has 0 saturated heterocycles. The van der Waals surface area contributed by atoms with Crippen LogP contribution >= 0.6 is 0 Å². The van der Waals surface area contributed by atoms with Crippen molar-refractivity contribution in [1.82, 2.24) is 0 Å². The third-order valence-electron chi connectivity index (χ3n) is 2.97. The van der Waals surface area contributed by atoms with Gasteiger partial charge in [0.2, 0.25) is 0 Å². The summed E-state index contributed by atoms with van der Waals surface area (Å²) < 4.78 is 5.16. The van der Waals surface area contributed by atoms with Gasteiger partial charge in [-0.05, 0) is 35.7 Å². The lowest BCUT2D eigenvalue weighted by atomic mass is 9.73. The van der Waals surface area contributed by atoms with Crippen molar-refractivity contribution >= 4 is 29.9 Å². The Morgan fingerprint density at radius 2 is 2.30 bits per heavy atom. The van der Waals surface area contributed by atoms with Crippen LogP contribution in [0.5, 0.6) is 0 Å². The molecular formula is C14H15BN2O3. The third kappa shape index (κ3) is 3.04. The predicted octanol–water partition coefficient (Wildman–Crippen LogP) is 0.656. The molecule has 20 heavy (non-hydrogen) atoms. The first kappa shape index (κ1) is 14.2. The molecular weight excluding hydrogens is 255 g/mol. The molecule has 1 amide bonds. The smallest absolute Gasteiger partial charge is 0.423 e. The normalized spacial score (nSPS) is 14.4. The lowest BCUT2D eigenvalue weighted by Crippen LogP contribution is -2.41. The number of hydrogen-bond donors (Lipinski definition) is 2. The molecule has 6 heteroatoms. The van der Waals surface area contributed by atoms with Gasteiger partial charge in [0.1, 0.15) is 5.71 Å². The van der Waals surface area contributed by atoms with Crippen molar-refractivity contribution in [2.75, 3.05) is 11.9 Å². The molecule has 0 aliphatic carbocycles. The van der Waals surface area contributed by atoms with Crippen LogP contribution in [0.25, 0.3) is 0 Å². The Balaban J connectivity index is 2.20. The van der Waals surface area contributed by atoms with E-state index in [1.165, 1.54) is 12.3 Å². The zero-order valence-electron chi connectivity index (χ0n) is 11.0. The second-order valence-electron chi connectivity index (χ2n) is 4.24. The molecule has 0 saturated carbocycles. The molecule has 0 atom stereocenters. The van der Waals surface area contributed by atoms with Gasteiger partial charge in [-0.1, -0.05) is 19.2 Å². The molecule has 0 bridgehead atoms. The highest BCUT2D eigenvalue weighted by atomic mass is 16.5. The van der Waals surface area contributed by atoms with Crippen molar-refractivity contribution in [2.24, 2.45) is 4.99 Å². The molecule has 1 aromatic rings. The fourth-order valence-electron chi connectivity index (χ4n) is 2.00. The number of hydrogen-bond acceptors (Lipinski definition) is 4. The van der Waals surface area contributed by atoms with Crippen molar-refractivity contribution in [3.05, 3.63) is 49.2 Å². The van der Waals surface area contributed by atoms with Gasteiger partial charge in [0.25, 0.3) is 5.91 Å². The average molecular weight is 270 g/mol. The van der Waals surface area contributed by atoms with E-state index in [1.807, 2.05) is 6.07 Å². The van der Waals surface area contributed by atoms with Crippen LogP contribution in [0.2, 0.25) is 0 Å². The van der Waals surface area contributed by atoms with E-state index in [0.717, 1.165) is 12.0 Å². The van der Waals surface area contributed by atoms with Gasteiger partial charge >= 0.3 is 7.12 Å². The Bertz CT molecular complexity index is 584. The topological polar surface area (TPSA) is 70.9 Å². The molecule has 2 rings (SSSR count). The Kier molecular flexibility index (Phi) is 4.50. The monoisotopic (exact) mass is 270 g/mol. The minimum Gasteiger partial charge on any atom is -0.423 e. The molecule has 0 spiro atoms. The summed E-state index contributed by atoms with van der Waals surface area (Å²) in [6.07, 6.45) is 3.38. The zero-order valence-corrected chi connectivity index (χ0v) is 11.0. The van der Waals surface area contributed by atoms with Crippen molar-refractivity contribution in [2.45, 2.75) is 6.42 Å². The number of anilines is 1. The number of fused-ring (bicyclic) bond motifs is 1. The van der Waals surface area contributed by atoms with E-state index in [1.54, 1.807) is 12.1 Å². The van der Waals surface area contributed by atoms with Crippen LogP contribution in [0.4, 0.5) is 5.69 Å². The second kappa shape index (κ2) is 6.32. The number of rotatable bonds is 4. The molecule has 1 aliphatic heterocycles. The SMILES string of the molecule is C=CN=C(C=C)C(=O)Nc1ccc2c(c1)B(O)OCC2. The highest BCUT2D eigenvalue weighted by Crippen LogP contribution is 2.12. The summed E-state index contributed by atoms with van der Waals surface area (Å²) in [6, 6.07) is 5.35. The quantitative estimate of drug-likeness (QED) is 0.623. The predicted molar refractivity (Wildman–Crippen MR) is 80.2 cm³/mol. The van der Waals surface area contributed by atoms with E-state index in [2.05, 4.69) is 23.5 Å². The van der Waals surface area contributed by atoms with Crippen LogP contribution in [-0.2, 0) is 15.9 Å². The Labute approximate surface area is 117 Å². The lowest BCUT2D eigenvalue weighted by molar-refractivity contribution is -0.110. The van der Waals surface area contributed by atoms with Gasteiger partial charge in [0, 0.05) is 18.5 Å². The summed E-state index contributed by atoms with van der Waals surface area (Å²) in [6.45, 7) is 7.46. The highest BCUT2D eigenvalue weighted by molar-refractivity contribution is 6.61. The minimum atomic E-state index is -0.948. The minimum absolute atomic E-state index is 0.175. The highest BCUT2D eigenvalue weighted by Gasteiger charge is 2.25. The van der Waals surface area contributed by atoms with E-state index in [4.69, 9.17) is 4.65 Å². The van der Waals surface area contributed by atoms with Crippen LogP contribution in [0.15, 0.2) is 48.6 Å². The van der Waals surface area contributed by atoms with Crippen LogP contribution in [0, 0.1) is 0 Å². The van der Waals surface area contributed by atoms with Crippen molar-refractivity contribution in [1.29, 1.82) is 0 Å². The molecule has 0 radical (unpaired) electrons. The standard InChI is InChI=1S/C14H15BN2O3/c1-3-13(16-4-2)14(18)17-11-6-5-10-7-8-20-15(19)12(10)9-11/h3-6,9,19H,1-2,7-8H2,(H,17,18). The maximum absolute atomic E-state index is 11.9. The molecule has 1 heterocycles. The fraction of sp³-hybridized carbons (Fsp3) is 0.143. The van der Waals surface area contributed by atoms with E-state index in [0.29, 0.717) is 17.8 Å². The summed E-state index contributed by atoms with van der Waals surface area (Å²) in [5.41, 5.74) is 2.44. The van der Waals surface area contributed by atoms with E-state index >= 15 is 0 Å². The molecule has 5 nitrogen and oxygen atoms in total. The number of amides is 1. The van der Waals surface area contributed by atoms with Crippen molar-refractivity contribution < 1.29 is 14.5 Å². The Hall–Kier alpha value is -2.18. The zero-order chi connectivity index (χ0) is 14.5. The summed E-state index contributed by atoms with van der Waals surface area (Å²) >= 11 is 0. The summed E-state index contributed by atoms with van der Waals surface area (Å²) in [5, 5.41) is 12.5. The van der Waals surface area contributed by atoms with Crippen molar-refractivity contribution in [3.8, 4) is 0 Å². The number of carbonyl (C=O) groups is 1. The maximum Gasteiger partial charge on any atom is 0.491 e. The van der Waals surface area contributed by atoms with Gasteiger partial charge in [-0.2, -0.15) is 0 Å². The largest absolute Gasteiger partial charge is 0.491 e. The van der Waals surface area contributed by atoms with E-state index in [9.17, 15) is 9.82 Å². The van der Waals surface area contributed by atoms with Gasteiger partial charge < -0.3 is 15.0 Å². The van der Waals surface area contributed by atoms with E-state index in [-0.39, 0.29) is 11.6 Å². The summed E-state index contributed by atoms with van der Waals surface area (Å²) in [4.78, 5) is 15.7. The number of nitrogens with zero attached hydrogens (tertiary/aromatic N) is 1.